The van der Waals surface area contributed by atoms with Crippen LogP contribution in [0.4, 0.5) is 8.78 Å². The van der Waals surface area contributed by atoms with Crippen molar-refractivity contribution in [2.75, 3.05) is 6.54 Å². The second-order valence-corrected chi connectivity index (χ2v) is 9.50. The van der Waals surface area contributed by atoms with Crippen LogP contribution in [0.25, 0.3) is 10.9 Å². The minimum absolute atomic E-state index is 0.0579. The first kappa shape index (κ1) is 27.0. The molecule has 4 rings (SSSR count). The number of hydrogen-bond donors (Lipinski definition) is 1. The van der Waals surface area contributed by atoms with Gasteiger partial charge in [-0.2, -0.15) is 0 Å². The van der Waals surface area contributed by atoms with Crippen molar-refractivity contribution in [3.05, 3.63) is 70.1 Å². The zero-order valence-electron chi connectivity index (χ0n) is 20.3. The fraction of sp³-hybridized carbons (Fsp3) is 0.286. The Bertz CT molecular complexity index is 1520. The molecule has 2 heterocycles. The van der Waals surface area contributed by atoms with Gasteiger partial charge in [0.1, 0.15) is 18.5 Å². The molecule has 1 fully saturated rings. The predicted molar refractivity (Wildman–Crippen MR) is 136 cm³/mol. The molecule has 3 aromatic rings. The lowest BCUT2D eigenvalue weighted by Gasteiger charge is -2.24. The van der Waals surface area contributed by atoms with Gasteiger partial charge in [-0.3, -0.25) is 14.4 Å². The second kappa shape index (κ2) is 11.2. The maximum absolute atomic E-state index is 14.4. The molecule has 1 saturated heterocycles. The molecule has 196 valence electrons. The molecular formula is C28H23ClF2N2O5. The largest absolute Gasteiger partial charge is 0.472 e. The van der Waals surface area contributed by atoms with Gasteiger partial charge in [-0.25, -0.2) is 13.6 Å². The highest BCUT2D eigenvalue weighted by Gasteiger charge is 2.39. The minimum Gasteiger partial charge on any atom is -0.472 e. The number of Topliss-reactive ketones (excluding diaryl/α,β-unsaturated/α-hetero) is 2. The number of carboxylic acids is 1. The molecule has 0 unspecified atom stereocenters. The van der Waals surface area contributed by atoms with E-state index in [1.165, 1.54) is 34.7 Å². The van der Waals surface area contributed by atoms with Crippen molar-refractivity contribution in [1.29, 1.82) is 0 Å². The molecule has 2 aromatic carbocycles. The highest BCUT2D eigenvalue weighted by Crippen LogP contribution is 2.27. The summed E-state index contributed by atoms with van der Waals surface area (Å²) >= 11 is 5.80. The molecule has 1 N–H and O–H groups in total. The van der Waals surface area contributed by atoms with Gasteiger partial charge < -0.3 is 14.6 Å². The van der Waals surface area contributed by atoms with Gasteiger partial charge >= 0.3 is 5.97 Å². The topological polar surface area (TPSA) is 96.7 Å². The van der Waals surface area contributed by atoms with Gasteiger partial charge in [-0.1, -0.05) is 35.7 Å². The minimum atomic E-state index is -1.39. The van der Waals surface area contributed by atoms with Gasteiger partial charge in [0.25, 0.3) is 0 Å². The van der Waals surface area contributed by atoms with E-state index in [4.69, 9.17) is 16.7 Å². The normalized spacial score (nSPS) is 16.8. The lowest BCUT2D eigenvalue weighted by atomic mass is 10.0. The van der Waals surface area contributed by atoms with E-state index in [1.54, 1.807) is 24.3 Å². The summed E-state index contributed by atoms with van der Waals surface area (Å²) in [4.78, 5) is 50.4. The number of carbonyl (C=O) groups excluding carboxylic acids is 3. The SMILES string of the molecule is CC(=O)c1cn(CC(=O)N2C[C@H](F)C[C@H]2C(=O)CCc2cccc(Cl)c2F)c2cc(C#CC(=O)O)ccc12. The van der Waals surface area contributed by atoms with Crippen LogP contribution in [0.5, 0.6) is 0 Å². The van der Waals surface area contributed by atoms with E-state index in [0.29, 0.717) is 22.0 Å². The Morgan fingerprint density at radius 1 is 1.18 bits per heavy atom. The fourth-order valence-corrected chi connectivity index (χ4v) is 4.87. The number of amides is 1. The number of nitrogens with zero attached hydrogens (tertiary/aromatic N) is 2. The monoisotopic (exact) mass is 540 g/mol. The van der Waals surface area contributed by atoms with Crippen LogP contribution in [0.3, 0.4) is 0 Å². The Hall–Kier alpha value is -4.03. The number of carboxylic acid groups (broad SMARTS) is 1. The summed E-state index contributed by atoms with van der Waals surface area (Å²) in [5.74, 6) is 1.46. The van der Waals surface area contributed by atoms with Crippen LogP contribution in [0.2, 0.25) is 5.02 Å². The molecule has 0 saturated carbocycles. The molecule has 0 radical (unpaired) electrons. The molecule has 1 aromatic heterocycles. The Morgan fingerprint density at radius 2 is 1.95 bits per heavy atom. The summed E-state index contributed by atoms with van der Waals surface area (Å²) < 4.78 is 30.1. The summed E-state index contributed by atoms with van der Waals surface area (Å²) in [7, 11) is 0. The van der Waals surface area contributed by atoms with Crippen molar-refractivity contribution < 1.29 is 33.1 Å². The molecular weight excluding hydrogens is 518 g/mol. The number of halogens is 3. The Morgan fingerprint density at radius 3 is 2.66 bits per heavy atom. The lowest BCUT2D eigenvalue weighted by molar-refractivity contribution is -0.138. The molecule has 2 atom stereocenters. The van der Waals surface area contributed by atoms with Gasteiger partial charge in [0.05, 0.1) is 23.1 Å². The van der Waals surface area contributed by atoms with E-state index in [1.807, 2.05) is 5.92 Å². The van der Waals surface area contributed by atoms with Crippen molar-refractivity contribution in [1.82, 2.24) is 9.47 Å². The highest BCUT2D eigenvalue weighted by atomic mass is 35.5. The van der Waals surface area contributed by atoms with Crippen molar-refractivity contribution in [3.8, 4) is 11.8 Å². The summed E-state index contributed by atoms with van der Waals surface area (Å²) in [6.07, 6.45) is -0.0670. The van der Waals surface area contributed by atoms with Crippen LogP contribution >= 0.6 is 11.6 Å². The van der Waals surface area contributed by atoms with Crippen LogP contribution in [0.15, 0.2) is 42.6 Å². The molecule has 1 aliphatic rings. The van der Waals surface area contributed by atoms with Crippen LogP contribution in [-0.4, -0.2) is 56.8 Å². The number of aryl methyl sites for hydroxylation is 1. The zero-order chi connectivity index (χ0) is 27.6. The third-order valence-electron chi connectivity index (χ3n) is 6.50. The average molecular weight is 541 g/mol. The van der Waals surface area contributed by atoms with Crippen LogP contribution in [0.1, 0.15) is 41.3 Å². The van der Waals surface area contributed by atoms with Gasteiger partial charge in [0.2, 0.25) is 5.91 Å². The summed E-state index contributed by atoms with van der Waals surface area (Å²) in [6.45, 7) is 0.846. The van der Waals surface area contributed by atoms with Crippen molar-refractivity contribution in [3.63, 3.8) is 0 Å². The predicted octanol–water partition coefficient (Wildman–Crippen LogP) is 4.21. The number of rotatable bonds is 7. The number of likely N-dealkylation sites (tertiary alicyclic amines) is 1. The number of carbonyl (C=O) groups is 4. The van der Waals surface area contributed by atoms with Gasteiger partial charge in [0, 0.05) is 41.5 Å². The smallest absolute Gasteiger partial charge is 0.382 e. The van der Waals surface area contributed by atoms with Gasteiger partial charge in [-0.05, 0) is 37.1 Å². The fourth-order valence-electron chi connectivity index (χ4n) is 4.67. The van der Waals surface area contributed by atoms with Crippen LogP contribution in [0, 0.1) is 17.7 Å². The molecule has 0 aliphatic carbocycles. The van der Waals surface area contributed by atoms with E-state index >= 15 is 0 Å². The Kier molecular flexibility index (Phi) is 7.93. The number of benzene rings is 2. The number of fused-ring (bicyclic) bond motifs is 1. The zero-order valence-corrected chi connectivity index (χ0v) is 21.1. The summed E-state index contributed by atoms with van der Waals surface area (Å²) in [5, 5.41) is 9.31. The first-order chi connectivity index (χ1) is 18.0. The van der Waals surface area contributed by atoms with E-state index in [0.717, 1.165) is 0 Å². The third kappa shape index (κ3) is 5.76. The number of alkyl halides is 1. The molecule has 0 bridgehead atoms. The maximum atomic E-state index is 14.4. The Balaban J connectivity index is 1.56. The number of hydrogen-bond acceptors (Lipinski definition) is 4. The van der Waals surface area contributed by atoms with Crippen LogP contribution in [-0.2, 0) is 27.3 Å². The highest BCUT2D eigenvalue weighted by molar-refractivity contribution is 6.30. The molecule has 1 amide bonds. The van der Waals surface area contributed by atoms with Crippen LogP contribution < -0.4 is 0 Å². The number of ketones is 2. The summed E-state index contributed by atoms with van der Waals surface area (Å²) in [6, 6.07) is 8.25. The molecule has 1 aliphatic heterocycles. The second-order valence-electron chi connectivity index (χ2n) is 9.09. The van der Waals surface area contributed by atoms with E-state index in [2.05, 4.69) is 5.92 Å². The lowest BCUT2D eigenvalue weighted by Crippen LogP contribution is -2.42. The first-order valence-electron chi connectivity index (χ1n) is 11.8. The molecule has 0 spiro atoms. The van der Waals surface area contributed by atoms with Crippen molar-refractivity contribution in [2.24, 2.45) is 0 Å². The third-order valence-corrected chi connectivity index (χ3v) is 6.79. The van der Waals surface area contributed by atoms with Crippen molar-refractivity contribution >= 4 is 45.9 Å². The Labute approximate surface area is 222 Å². The van der Waals surface area contributed by atoms with Gasteiger partial charge in [0.15, 0.2) is 11.6 Å². The first-order valence-corrected chi connectivity index (χ1v) is 12.2. The maximum Gasteiger partial charge on any atom is 0.382 e. The van der Waals surface area contributed by atoms with E-state index in [9.17, 15) is 28.0 Å². The van der Waals surface area contributed by atoms with Crippen molar-refractivity contribution in [2.45, 2.75) is 44.9 Å². The standard InChI is InChI=1S/C28H23ClF2N2O5/c1-16(34)21-14-32(23-11-17(5-8-20(21)23)6-10-27(37)38)15-26(36)33-13-19(30)12-24(33)25(35)9-7-18-3-2-4-22(29)28(18)31/h2-5,8,11,14,19,24H,7,9,12-13,15H2,1H3,(H,37,38)/t19-,24+/m1/s1. The van der Waals surface area contributed by atoms with Gasteiger partial charge in [-0.15, -0.1) is 0 Å². The number of aliphatic carboxylic acids is 1. The molecule has 7 nitrogen and oxygen atoms in total. The van der Waals surface area contributed by atoms with E-state index in [-0.39, 0.29) is 54.5 Å². The van der Waals surface area contributed by atoms with E-state index < -0.39 is 29.9 Å². The number of aromatic nitrogens is 1. The molecule has 38 heavy (non-hydrogen) atoms. The summed E-state index contributed by atoms with van der Waals surface area (Å²) in [5.41, 5.74) is 1.45. The average Bonchev–Trinajstić information content (AvgIpc) is 3.44. The quantitative estimate of drug-likeness (QED) is 0.358. The molecule has 10 heteroatoms.